The topological polar surface area (TPSA) is 106 Å². The molecular weight excluding hydrogens is 327 g/mol. The molecule has 0 bridgehead atoms. The van der Waals surface area contributed by atoms with Gasteiger partial charge in [-0.05, 0) is 31.3 Å². The second-order valence-corrected chi connectivity index (χ2v) is 4.94. The fourth-order valence-electron chi connectivity index (χ4n) is 1.67. The zero-order chi connectivity index (χ0) is 18.3. The van der Waals surface area contributed by atoms with Crippen LogP contribution in [-0.2, 0) is 11.3 Å². The van der Waals surface area contributed by atoms with Gasteiger partial charge in [-0.25, -0.2) is 0 Å². The van der Waals surface area contributed by atoms with Crippen LogP contribution in [0.4, 0.5) is 18.9 Å². The van der Waals surface area contributed by atoms with Crippen LogP contribution in [0.1, 0.15) is 5.56 Å². The minimum absolute atomic E-state index is 0.0801. The highest BCUT2D eigenvalue weighted by molar-refractivity contribution is 6.53. The summed E-state index contributed by atoms with van der Waals surface area (Å²) >= 11 is 0. The van der Waals surface area contributed by atoms with Crippen molar-refractivity contribution in [2.24, 2.45) is 4.90 Å². The van der Waals surface area contributed by atoms with E-state index in [-0.39, 0.29) is 12.5 Å². The molecule has 7 nitrogen and oxygen atoms in total. The Labute approximate surface area is 137 Å². The van der Waals surface area contributed by atoms with E-state index in [0.29, 0.717) is 11.3 Å². The minimum Gasteiger partial charge on any atom is -0.433 e. The molecule has 1 aromatic carbocycles. The van der Waals surface area contributed by atoms with E-state index in [4.69, 9.17) is 0 Å². The van der Waals surface area contributed by atoms with Gasteiger partial charge in [-0.3, -0.25) is 9.70 Å². The Kier molecular flexibility index (Phi) is 7.11. The van der Waals surface area contributed by atoms with E-state index in [1.807, 2.05) is 0 Å². The maximum absolute atomic E-state index is 12.2. The summed E-state index contributed by atoms with van der Waals surface area (Å²) in [5.74, 6) is -1.94. The van der Waals surface area contributed by atoms with Crippen LogP contribution in [0.15, 0.2) is 29.2 Å². The molecule has 0 spiro atoms. The molecule has 0 aliphatic heterocycles. The van der Waals surface area contributed by atoms with Crippen LogP contribution in [-0.4, -0.2) is 42.2 Å². The third kappa shape index (κ3) is 7.38. The lowest BCUT2D eigenvalue weighted by Crippen LogP contribution is -2.41. The van der Waals surface area contributed by atoms with Crippen LogP contribution in [0.25, 0.3) is 0 Å². The highest BCUT2D eigenvalue weighted by Crippen LogP contribution is 2.15. The maximum Gasteiger partial charge on any atom is 0.471 e. The summed E-state index contributed by atoms with van der Waals surface area (Å²) in [6.07, 6.45) is -4.94. The second kappa shape index (κ2) is 8.60. The van der Waals surface area contributed by atoms with Crippen molar-refractivity contribution in [3.8, 4) is 0 Å². The number of carbonyl (C=O) groups is 1. The van der Waals surface area contributed by atoms with Gasteiger partial charge in [0.2, 0.25) is 0 Å². The highest BCUT2D eigenvalue weighted by atomic mass is 19.4. The monoisotopic (exact) mass is 344 g/mol. The van der Waals surface area contributed by atoms with Gasteiger partial charge < -0.3 is 25.9 Å². The Hall–Kier alpha value is -2.20. The Balaban J connectivity index is 2.78. The molecule has 5 N–H and O–H groups in total. The Morgan fingerprint density at radius 2 is 1.96 bits per heavy atom. The van der Waals surface area contributed by atoms with Gasteiger partial charge in [0, 0.05) is 12.2 Å². The normalized spacial score (nSPS) is 11.7. The summed E-state index contributed by atoms with van der Waals surface area (Å²) in [5.41, 5.74) is 0.868. The molecular formula is C12H17B2F3N4O3. The molecule has 0 radical (unpaired) electrons. The van der Waals surface area contributed by atoms with Gasteiger partial charge in [-0.2, -0.15) is 13.2 Å². The van der Waals surface area contributed by atoms with E-state index < -0.39 is 26.2 Å². The lowest BCUT2D eigenvalue weighted by atomic mass is 9.88. The number of hydrogen-bond donors (Lipinski definition) is 5. The number of halogens is 3. The molecule has 0 aromatic heterocycles. The molecule has 0 heterocycles. The van der Waals surface area contributed by atoms with E-state index in [0.717, 1.165) is 0 Å². The third-order valence-corrected chi connectivity index (χ3v) is 2.56. The van der Waals surface area contributed by atoms with E-state index in [2.05, 4.69) is 15.4 Å². The molecule has 1 aromatic rings. The molecule has 12 heteroatoms. The lowest BCUT2D eigenvalue weighted by Gasteiger charge is -2.14. The van der Waals surface area contributed by atoms with Gasteiger partial charge in [0.05, 0.1) is 0 Å². The van der Waals surface area contributed by atoms with E-state index >= 15 is 0 Å². The number of hydrogen-bond acceptors (Lipinski definition) is 4. The largest absolute Gasteiger partial charge is 0.471 e. The summed E-state index contributed by atoms with van der Waals surface area (Å²) < 4.78 is 36.5. The van der Waals surface area contributed by atoms with Crippen molar-refractivity contribution in [3.63, 3.8) is 0 Å². The van der Waals surface area contributed by atoms with Gasteiger partial charge in [-0.1, -0.05) is 12.1 Å². The van der Waals surface area contributed by atoms with Gasteiger partial charge >= 0.3 is 26.2 Å². The number of rotatable bonds is 5. The molecule has 0 aliphatic carbocycles. The van der Waals surface area contributed by atoms with Crippen LogP contribution >= 0.6 is 0 Å². The summed E-state index contributed by atoms with van der Waals surface area (Å²) in [6.45, 7) is 2.55. The van der Waals surface area contributed by atoms with Crippen molar-refractivity contribution < 1.29 is 28.0 Å². The van der Waals surface area contributed by atoms with Crippen LogP contribution in [0.5, 0.6) is 0 Å². The first kappa shape index (κ1) is 19.8. The standard InChI is InChI=1S/C12H17B2F3N4O3/c1-13(23)20-11(21-14(2)24)19-9-5-3-4-8(6-9)7-18-10(22)12(15,16)17/h3-6,23-24H,7H2,1-2H3,(H,18,22)(H2,19,20,21). The molecule has 1 rings (SSSR count). The number of nitrogens with one attached hydrogen (secondary N) is 3. The molecule has 1 amide bonds. The molecule has 130 valence electrons. The van der Waals surface area contributed by atoms with Crippen molar-refractivity contribution >= 4 is 31.7 Å². The predicted octanol–water partition coefficient (Wildman–Crippen LogP) is 0.443. The van der Waals surface area contributed by atoms with Gasteiger partial charge in [0.15, 0.2) is 5.96 Å². The SMILES string of the molecule is CB(O)N=C(NB(C)O)Nc1cccc(CNC(=O)C(F)(F)F)c1. The van der Waals surface area contributed by atoms with Gasteiger partial charge in [0.1, 0.15) is 0 Å². The molecule has 0 aliphatic rings. The number of benzene rings is 1. The van der Waals surface area contributed by atoms with E-state index in [1.165, 1.54) is 25.8 Å². The summed E-state index contributed by atoms with van der Waals surface area (Å²) in [6, 6.07) is 6.21. The van der Waals surface area contributed by atoms with E-state index in [9.17, 15) is 28.0 Å². The zero-order valence-corrected chi connectivity index (χ0v) is 13.1. The first-order valence-electron chi connectivity index (χ1n) is 6.99. The van der Waals surface area contributed by atoms with Crippen molar-refractivity contribution in [1.82, 2.24) is 10.5 Å². The van der Waals surface area contributed by atoms with E-state index in [1.54, 1.807) is 17.4 Å². The lowest BCUT2D eigenvalue weighted by molar-refractivity contribution is -0.173. The number of anilines is 1. The number of nitrogens with zero attached hydrogens (tertiary/aromatic N) is 1. The molecule has 0 unspecified atom stereocenters. The average Bonchev–Trinajstić information content (AvgIpc) is 2.42. The number of guanidine groups is 1. The quantitative estimate of drug-likeness (QED) is 0.303. The second-order valence-electron chi connectivity index (χ2n) is 4.94. The Bertz CT molecular complexity index is 597. The summed E-state index contributed by atoms with van der Waals surface area (Å²) in [5, 5.41) is 25.7. The highest BCUT2D eigenvalue weighted by Gasteiger charge is 2.38. The third-order valence-electron chi connectivity index (χ3n) is 2.56. The van der Waals surface area contributed by atoms with Crippen molar-refractivity contribution in [1.29, 1.82) is 0 Å². The zero-order valence-electron chi connectivity index (χ0n) is 13.1. The molecule has 24 heavy (non-hydrogen) atoms. The molecule has 0 atom stereocenters. The van der Waals surface area contributed by atoms with Crippen molar-refractivity contribution in [3.05, 3.63) is 29.8 Å². The molecule has 0 fully saturated rings. The van der Waals surface area contributed by atoms with Crippen LogP contribution in [0.2, 0.25) is 13.6 Å². The van der Waals surface area contributed by atoms with Gasteiger partial charge in [0.25, 0.3) is 0 Å². The van der Waals surface area contributed by atoms with Crippen LogP contribution in [0, 0.1) is 0 Å². The minimum atomic E-state index is -4.94. The Morgan fingerprint density at radius 3 is 2.50 bits per heavy atom. The van der Waals surface area contributed by atoms with Crippen LogP contribution < -0.4 is 15.9 Å². The fraction of sp³-hybridized carbons (Fsp3) is 0.333. The average molecular weight is 344 g/mol. The summed E-state index contributed by atoms with van der Waals surface area (Å²) in [7, 11) is -1.97. The molecule has 0 saturated heterocycles. The first-order valence-corrected chi connectivity index (χ1v) is 6.99. The number of amides is 1. The summed E-state index contributed by atoms with van der Waals surface area (Å²) in [4.78, 5) is 14.6. The van der Waals surface area contributed by atoms with Crippen molar-refractivity contribution in [2.75, 3.05) is 5.32 Å². The number of carbonyl (C=O) groups excluding carboxylic acids is 1. The smallest absolute Gasteiger partial charge is 0.433 e. The first-order chi connectivity index (χ1) is 11.1. The molecule has 0 saturated carbocycles. The van der Waals surface area contributed by atoms with Crippen molar-refractivity contribution in [2.45, 2.75) is 26.4 Å². The van der Waals surface area contributed by atoms with Crippen LogP contribution in [0.3, 0.4) is 0 Å². The number of alkyl halides is 3. The van der Waals surface area contributed by atoms with Gasteiger partial charge in [-0.15, -0.1) is 0 Å². The maximum atomic E-state index is 12.2. The Morgan fingerprint density at radius 1 is 1.29 bits per heavy atom. The predicted molar refractivity (Wildman–Crippen MR) is 86.2 cm³/mol. The fourth-order valence-corrected chi connectivity index (χ4v) is 1.67.